The number of non-ortho nitro benzene ring substituents is 2. The van der Waals surface area contributed by atoms with E-state index in [4.69, 9.17) is 16.3 Å². The molecule has 0 saturated carbocycles. The number of nitrogens with zero attached hydrogens (tertiary/aromatic N) is 2. The zero-order chi connectivity index (χ0) is 23.3. The van der Waals surface area contributed by atoms with Crippen LogP contribution in [0.3, 0.4) is 0 Å². The molecule has 12 nitrogen and oxygen atoms in total. The molecule has 1 N–H and O–H groups in total. The number of esters is 2. The summed E-state index contributed by atoms with van der Waals surface area (Å²) in [5.74, 6) is -2.90. The van der Waals surface area contributed by atoms with Crippen molar-refractivity contribution in [1.29, 1.82) is 0 Å². The summed E-state index contributed by atoms with van der Waals surface area (Å²) in [7, 11) is 1.06. The van der Waals surface area contributed by atoms with Crippen molar-refractivity contribution >= 4 is 46.5 Å². The Balaban J connectivity index is 2.20. The summed E-state index contributed by atoms with van der Waals surface area (Å²) in [4.78, 5) is 56.8. The number of nitro benzene ring substituents is 2. The number of hydrogen-bond donors (Lipinski definition) is 1. The van der Waals surface area contributed by atoms with Crippen molar-refractivity contribution in [2.45, 2.75) is 13.0 Å². The zero-order valence-electron chi connectivity index (χ0n) is 16.0. The first-order valence-electron chi connectivity index (χ1n) is 8.37. The van der Waals surface area contributed by atoms with Gasteiger partial charge < -0.3 is 14.8 Å². The normalized spacial score (nSPS) is 11.2. The summed E-state index contributed by atoms with van der Waals surface area (Å²) < 4.78 is 9.48. The van der Waals surface area contributed by atoms with Crippen LogP contribution in [0.25, 0.3) is 0 Å². The third-order valence-corrected chi connectivity index (χ3v) is 4.19. The molecule has 0 radical (unpaired) electrons. The van der Waals surface area contributed by atoms with Gasteiger partial charge in [0.15, 0.2) is 6.10 Å². The molecule has 13 heteroatoms. The van der Waals surface area contributed by atoms with E-state index in [0.29, 0.717) is 0 Å². The number of benzene rings is 2. The van der Waals surface area contributed by atoms with Crippen LogP contribution < -0.4 is 5.32 Å². The van der Waals surface area contributed by atoms with Gasteiger partial charge in [-0.05, 0) is 19.1 Å². The number of nitro groups is 2. The van der Waals surface area contributed by atoms with Gasteiger partial charge in [0.05, 0.1) is 38.8 Å². The van der Waals surface area contributed by atoms with E-state index in [0.717, 1.165) is 37.4 Å². The van der Waals surface area contributed by atoms with Gasteiger partial charge in [-0.2, -0.15) is 0 Å². The molecule has 0 fully saturated rings. The van der Waals surface area contributed by atoms with Crippen LogP contribution in [0, 0.1) is 20.2 Å². The van der Waals surface area contributed by atoms with E-state index in [1.54, 1.807) is 0 Å². The number of nitrogens with one attached hydrogen (secondary N) is 1. The minimum absolute atomic E-state index is 0.0129. The van der Waals surface area contributed by atoms with E-state index in [2.05, 4.69) is 10.1 Å². The summed E-state index contributed by atoms with van der Waals surface area (Å²) in [6, 6.07) is 6.19. The zero-order valence-corrected chi connectivity index (χ0v) is 16.7. The summed E-state index contributed by atoms with van der Waals surface area (Å²) in [5.41, 5.74) is -1.58. The van der Waals surface area contributed by atoms with E-state index in [1.165, 1.54) is 13.0 Å². The molecular formula is C18H14ClN3O9. The number of anilines is 1. The summed E-state index contributed by atoms with van der Waals surface area (Å²) in [5, 5.41) is 24.2. The third kappa shape index (κ3) is 5.73. The molecule has 0 aromatic heterocycles. The molecule has 2 aromatic rings. The SMILES string of the molecule is COC(=O)c1cc(C(=O)OC(C)C(=O)Nc2cc([N+](=O)[O-])ccc2Cl)cc([N+](=O)[O-])c1. The number of carbonyl (C=O) groups excluding carboxylic acids is 3. The molecule has 0 saturated heterocycles. The molecule has 0 bridgehead atoms. The van der Waals surface area contributed by atoms with Crippen molar-refractivity contribution in [3.63, 3.8) is 0 Å². The predicted molar refractivity (Wildman–Crippen MR) is 106 cm³/mol. The van der Waals surface area contributed by atoms with Gasteiger partial charge in [-0.1, -0.05) is 11.6 Å². The van der Waals surface area contributed by atoms with Crippen molar-refractivity contribution in [3.05, 3.63) is 72.8 Å². The lowest BCUT2D eigenvalue weighted by atomic mass is 10.1. The highest BCUT2D eigenvalue weighted by atomic mass is 35.5. The largest absolute Gasteiger partial charge is 0.465 e. The first kappa shape index (κ1) is 23.2. The highest BCUT2D eigenvalue weighted by molar-refractivity contribution is 6.33. The second-order valence-corrected chi connectivity index (χ2v) is 6.38. The number of carbonyl (C=O) groups is 3. The Morgan fingerprint density at radius 2 is 1.55 bits per heavy atom. The maximum absolute atomic E-state index is 12.4. The van der Waals surface area contributed by atoms with Crippen LogP contribution >= 0.6 is 11.6 Å². The molecule has 1 unspecified atom stereocenters. The topological polar surface area (TPSA) is 168 Å². The lowest BCUT2D eigenvalue weighted by molar-refractivity contribution is -0.385. The van der Waals surface area contributed by atoms with Crippen LogP contribution in [0.4, 0.5) is 17.1 Å². The van der Waals surface area contributed by atoms with E-state index in [9.17, 15) is 34.6 Å². The predicted octanol–water partition coefficient (Wildman–Crippen LogP) is 3.13. The molecule has 0 spiro atoms. The van der Waals surface area contributed by atoms with Crippen molar-refractivity contribution in [3.8, 4) is 0 Å². The van der Waals surface area contributed by atoms with Crippen molar-refractivity contribution in [2.75, 3.05) is 12.4 Å². The van der Waals surface area contributed by atoms with Crippen LogP contribution in [0.2, 0.25) is 5.02 Å². The Labute approximate surface area is 179 Å². The van der Waals surface area contributed by atoms with Gasteiger partial charge >= 0.3 is 11.9 Å². The second kappa shape index (κ2) is 9.63. The lowest BCUT2D eigenvalue weighted by Gasteiger charge is -2.14. The average molecular weight is 452 g/mol. The Morgan fingerprint density at radius 3 is 2.10 bits per heavy atom. The van der Waals surface area contributed by atoms with Gasteiger partial charge in [0.25, 0.3) is 17.3 Å². The molecular weight excluding hydrogens is 438 g/mol. The third-order valence-electron chi connectivity index (χ3n) is 3.86. The second-order valence-electron chi connectivity index (χ2n) is 5.98. The Hall–Kier alpha value is -4.06. The average Bonchev–Trinajstić information content (AvgIpc) is 2.73. The smallest absolute Gasteiger partial charge is 0.339 e. The van der Waals surface area contributed by atoms with Crippen LogP contribution in [-0.2, 0) is 14.3 Å². The maximum Gasteiger partial charge on any atom is 0.339 e. The minimum Gasteiger partial charge on any atom is -0.465 e. The van der Waals surface area contributed by atoms with Crippen molar-refractivity contribution in [2.24, 2.45) is 0 Å². The van der Waals surface area contributed by atoms with Crippen LogP contribution in [-0.4, -0.2) is 40.9 Å². The molecule has 1 atom stereocenters. The number of hydrogen-bond acceptors (Lipinski definition) is 9. The van der Waals surface area contributed by atoms with Crippen LogP contribution in [0.5, 0.6) is 0 Å². The Morgan fingerprint density at radius 1 is 0.968 bits per heavy atom. The van der Waals surface area contributed by atoms with Gasteiger partial charge in [0.2, 0.25) is 0 Å². The van der Waals surface area contributed by atoms with Crippen molar-refractivity contribution in [1.82, 2.24) is 0 Å². The monoisotopic (exact) mass is 451 g/mol. The summed E-state index contributed by atoms with van der Waals surface area (Å²) in [6.45, 7) is 1.21. The number of rotatable bonds is 7. The number of halogens is 1. The number of amides is 1. The van der Waals surface area contributed by atoms with Crippen molar-refractivity contribution < 1.29 is 33.7 Å². The quantitative estimate of drug-likeness (QED) is 0.377. The molecule has 162 valence electrons. The van der Waals surface area contributed by atoms with E-state index >= 15 is 0 Å². The van der Waals surface area contributed by atoms with Gasteiger partial charge in [-0.15, -0.1) is 0 Å². The molecule has 31 heavy (non-hydrogen) atoms. The van der Waals surface area contributed by atoms with Gasteiger partial charge in [-0.3, -0.25) is 25.0 Å². The summed E-state index contributed by atoms with van der Waals surface area (Å²) in [6.07, 6.45) is -1.41. The molecule has 0 heterocycles. The number of methoxy groups -OCH3 is 1. The van der Waals surface area contributed by atoms with Gasteiger partial charge in [-0.25, -0.2) is 9.59 Å². The standard InChI is InChI=1S/C18H14ClN3O9/c1-9(16(23)20-15-8-12(21(26)27)3-4-14(15)19)31-18(25)11-5-10(17(24)30-2)6-13(7-11)22(28)29/h3-9H,1-2H3,(H,20,23). The van der Waals surface area contributed by atoms with Crippen LogP contribution in [0.15, 0.2) is 36.4 Å². The van der Waals surface area contributed by atoms with E-state index in [-0.39, 0.29) is 27.5 Å². The summed E-state index contributed by atoms with van der Waals surface area (Å²) >= 11 is 5.91. The minimum atomic E-state index is -1.41. The Bertz CT molecular complexity index is 1090. The first-order chi connectivity index (χ1) is 14.5. The van der Waals surface area contributed by atoms with E-state index < -0.39 is 39.5 Å². The molecule has 1 amide bonds. The molecule has 0 aliphatic heterocycles. The highest BCUT2D eigenvalue weighted by Gasteiger charge is 2.24. The van der Waals surface area contributed by atoms with Crippen LogP contribution in [0.1, 0.15) is 27.6 Å². The maximum atomic E-state index is 12.4. The fourth-order valence-electron chi connectivity index (χ4n) is 2.31. The molecule has 2 aromatic carbocycles. The molecule has 0 aliphatic rings. The fourth-order valence-corrected chi connectivity index (χ4v) is 2.47. The molecule has 2 rings (SSSR count). The highest BCUT2D eigenvalue weighted by Crippen LogP contribution is 2.27. The lowest BCUT2D eigenvalue weighted by Crippen LogP contribution is -2.30. The fraction of sp³-hybridized carbons (Fsp3) is 0.167. The first-order valence-corrected chi connectivity index (χ1v) is 8.75. The van der Waals surface area contributed by atoms with E-state index in [1.807, 2.05) is 0 Å². The van der Waals surface area contributed by atoms with Gasteiger partial charge in [0, 0.05) is 24.3 Å². The van der Waals surface area contributed by atoms with Gasteiger partial charge in [0.1, 0.15) is 0 Å². The Kier molecular flexibility index (Phi) is 7.21. The molecule has 0 aliphatic carbocycles. The number of ether oxygens (including phenoxy) is 2.